The van der Waals surface area contributed by atoms with E-state index in [2.05, 4.69) is 36.1 Å². The second-order valence-electron chi connectivity index (χ2n) is 7.55. The maximum absolute atomic E-state index is 8.36. The standard InChI is InChI=1S/C26H24N2O2.CH2O2/c1-3-29-22-13-14-25-24(17-22)26-23(18(2)27-25)15-16-28(26)19-9-11-21(12-10-19)30-20-7-5-4-6-8-20;2-1-3/h4-14,17H,3,15-16H2,1-2H3;1H,(H,2,3). The Hall–Kier alpha value is -4.06. The van der Waals surface area contributed by atoms with Crippen molar-refractivity contribution in [1.82, 2.24) is 4.98 Å². The predicted molar refractivity (Wildman–Crippen MR) is 130 cm³/mol. The molecule has 5 rings (SSSR count). The first-order chi connectivity index (χ1) is 16.1. The molecule has 0 fully saturated rings. The second kappa shape index (κ2) is 10.0. The summed E-state index contributed by atoms with van der Waals surface area (Å²) in [5.41, 5.74) is 5.83. The number of pyridine rings is 1. The monoisotopic (exact) mass is 442 g/mol. The summed E-state index contributed by atoms with van der Waals surface area (Å²) in [6.07, 6.45) is 0.991. The van der Waals surface area contributed by atoms with Crippen LogP contribution in [0.1, 0.15) is 18.2 Å². The third-order valence-electron chi connectivity index (χ3n) is 5.53. The molecule has 1 aromatic heterocycles. The first kappa shape index (κ1) is 22.1. The summed E-state index contributed by atoms with van der Waals surface area (Å²) in [5.74, 6) is 2.56. The number of nitrogens with zero attached hydrogens (tertiary/aromatic N) is 2. The largest absolute Gasteiger partial charge is 0.494 e. The molecule has 33 heavy (non-hydrogen) atoms. The Morgan fingerprint density at radius 3 is 2.36 bits per heavy atom. The third kappa shape index (κ3) is 4.75. The highest BCUT2D eigenvalue weighted by atomic mass is 16.5. The highest BCUT2D eigenvalue weighted by Crippen LogP contribution is 2.42. The number of hydrogen-bond acceptors (Lipinski definition) is 5. The second-order valence-corrected chi connectivity index (χ2v) is 7.55. The molecule has 0 bridgehead atoms. The van der Waals surface area contributed by atoms with Crippen molar-refractivity contribution < 1.29 is 19.4 Å². The zero-order chi connectivity index (χ0) is 23.2. The molecule has 1 aliphatic rings. The number of benzene rings is 3. The van der Waals surface area contributed by atoms with Crippen LogP contribution in [0.4, 0.5) is 11.4 Å². The molecular weight excluding hydrogens is 416 g/mol. The molecule has 0 saturated heterocycles. The number of carbonyl (C=O) groups is 1. The van der Waals surface area contributed by atoms with Crippen molar-refractivity contribution in [1.29, 1.82) is 0 Å². The van der Waals surface area contributed by atoms with Crippen LogP contribution in [0.5, 0.6) is 17.2 Å². The Kier molecular flexibility index (Phi) is 6.74. The van der Waals surface area contributed by atoms with Crippen molar-refractivity contribution in [2.45, 2.75) is 20.3 Å². The van der Waals surface area contributed by atoms with Crippen LogP contribution in [0.2, 0.25) is 0 Å². The molecule has 0 saturated carbocycles. The van der Waals surface area contributed by atoms with Gasteiger partial charge in [0.05, 0.1) is 17.8 Å². The van der Waals surface area contributed by atoms with Crippen LogP contribution < -0.4 is 14.4 Å². The molecule has 0 aliphatic carbocycles. The zero-order valence-electron chi connectivity index (χ0n) is 18.7. The van der Waals surface area contributed by atoms with Crippen molar-refractivity contribution >= 4 is 28.7 Å². The average molecular weight is 443 g/mol. The number of hydrogen-bond donors (Lipinski definition) is 1. The topological polar surface area (TPSA) is 71.9 Å². The van der Waals surface area contributed by atoms with Crippen LogP contribution in [0, 0.1) is 6.92 Å². The first-order valence-electron chi connectivity index (χ1n) is 10.9. The molecule has 6 heteroatoms. The molecule has 0 radical (unpaired) electrons. The minimum Gasteiger partial charge on any atom is -0.494 e. The van der Waals surface area contributed by atoms with Crippen molar-refractivity contribution in [3.05, 3.63) is 84.1 Å². The minimum atomic E-state index is -0.250. The molecule has 1 N–H and O–H groups in total. The van der Waals surface area contributed by atoms with Crippen LogP contribution in [0.3, 0.4) is 0 Å². The van der Waals surface area contributed by atoms with Crippen LogP contribution in [-0.4, -0.2) is 29.7 Å². The lowest BCUT2D eigenvalue weighted by molar-refractivity contribution is -0.122. The molecule has 0 unspecified atom stereocenters. The average Bonchev–Trinajstić information content (AvgIpc) is 3.28. The van der Waals surface area contributed by atoms with Crippen LogP contribution in [-0.2, 0) is 11.2 Å². The Morgan fingerprint density at radius 2 is 1.67 bits per heavy atom. The molecule has 168 valence electrons. The zero-order valence-corrected chi connectivity index (χ0v) is 18.7. The van der Waals surface area contributed by atoms with Crippen molar-refractivity contribution in [3.63, 3.8) is 0 Å². The van der Waals surface area contributed by atoms with Gasteiger partial charge in [0.15, 0.2) is 0 Å². The highest BCUT2D eigenvalue weighted by Gasteiger charge is 2.26. The van der Waals surface area contributed by atoms with Crippen LogP contribution in [0.25, 0.3) is 10.9 Å². The van der Waals surface area contributed by atoms with Gasteiger partial charge in [0.1, 0.15) is 17.2 Å². The maximum Gasteiger partial charge on any atom is 0.290 e. The van der Waals surface area contributed by atoms with E-state index in [4.69, 9.17) is 24.4 Å². The molecule has 2 heterocycles. The molecule has 0 atom stereocenters. The summed E-state index contributed by atoms with van der Waals surface area (Å²) >= 11 is 0. The number of fused-ring (bicyclic) bond motifs is 3. The third-order valence-corrected chi connectivity index (χ3v) is 5.53. The van der Waals surface area contributed by atoms with Gasteiger partial charge in [-0.2, -0.15) is 0 Å². The van der Waals surface area contributed by atoms with E-state index >= 15 is 0 Å². The predicted octanol–water partition coefficient (Wildman–Crippen LogP) is 6.13. The lowest BCUT2D eigenvalue weighted by atomic mass is 10.1. The van der Waals surface area contributed by atoms with E-state index < -0.39 is 0 Å². The van der Waals surface area contributed by atoms with E-state index in [1.807, 2.05) is 55.5 Å². The lowest BCUT2D eigenvalue weighted by Gasteiger charge is -2.22. The van der Waals surface area contributed by atoms with Crippen molar-refractivity contribution in [3.8, 4) is 17.2 Å². The first-order valence-corrected chi connectivity index (χ1v) is 10.9. The lowest BCUT2D eigenvalue weighted by Crippen LogP contribution is -2.13. The van der Waals surface area contributed by atoms with Gasteiger partial charge < -0.3 is 19.5 Å². The number of rotatable bonds is 5. The van der Waals surface area contributed by atoms with Gasteiger partial charge in [-0.15, -0.1) is 0 Å². The Balaban J connectivity index is 0.000000821. The van der Waals surface area contributed by atoms with Gasteiger partial charge in [-0.3, -0.25) is 9.78 Å². The number of para-hydroxylation sites is 1. The highest BCUT2D eigenvalue weighted by molar-refractivity contribution is 5.98. The summed E-state index contributed by atoms with van der Waals surface area (Å²) in [6.45, 7) is 5.46. The van der Waals surface area contributed by atoms with Crippen LogP contribution in [0.15, 0.2) is 72.8 Å². The van der Waals surface area contributed by atoms with Gasteiger partial charge in [-0.05, 0) is 80.4 Å². The maximum atomic E-state index is 8.36. The van der Waals surface area contributed by atoms with Gasteiger partial charge in [0.2, 0.25) is 0 Å². The number of anilines is 2. The number of ether oxygens (including phenoxy) is 2. The quantitative estimate of drug-likeness (QED) is 0.375. The van der Waals surface area contributed by atoms with E-state index in [1.54, 1.807) is 0 Å². The van der Waals surface area contributed by atoms with E-state index in [9.17, 15) is 0 Å². The van der Waals surface area contributed by atoms with Gasteiger partial charge in [0, 0.05) is 23.3 Å². The number of carboxylic acid groups (broad SMARTS) is 1. The molecule has 6 nitrogen and oxygen atoms in total. The summed E-state index contributed by atoms with van der Waals surface area (Å²) < 4.78 is 11.7. The van der Waals surface area contributed by atoms with E-state index in [-0.39, 0.29) is 6.47 Å². The number of aryl methyl sites for hydroxylation is 1. The Morgan fingerprint density at radius 1 is 1.00 bits per heavy atom. The number of aromatic nitrogens is 1. The van der Waals surface area contributed by atoms with E-state index in [0.29, 0.717) is 6.61 Å². The van der Waals surface area contributed by atoms with Crippen molar-refractivity contribution in [2.24, 2.45) is 0 Å². The fourth-order valence-corrected chi connectivity index (χ4v) is 4.16. The molecule has 0 spiro atoms. The molecule has 1 aliphatic heterocycles. The van der Waals surface area contributed by atoms with Crippen molar-refractivity contribution in [2.75, 3.05) is 18.1 Å². The normalized spacial score (nSPS) is 12.0. The summed E-state index contributed by atoms with van der Waals surface area (Å²) in [7, 11) is 0. The molecule has 0 amide bonds. The fourth-order valence-electron chi connectivity index (χ4n) is 4.16. The summed E-state index contributed by atoms with van der Waals surface area (Å²) in [5, 5.41) is 8.03. The summed E-state index contributed by atoms with van der Waals surface area (Å²) in [4.78, 5) is 15.6. The fraction of sp³-hybridized carbons (Fsp3) is 0.185. The van der Waals surface area contributed by atoms with Gasteiger partial charge in [0.25, 0.3) is 6.47 Å². The van der Waals surface area contributed by atoms with Crippen LogP contribution >= 0.6 is 0 Å². The molecular formula is C27H26N2O4. The Bertz CT molecular complexity index is 1240. The van der Waals surface area contributed by atoms with Gasteiger partial charge >= 0.3 is 0 Å². The smallest absolute Gasteiger partial charge is 0.290 e. The molecule has 3 aromatic carbocycles. The minimum absolute atomic E-state index is 0.250. The van der Waals surface area contributed by atoms with Gasteiger partial charge in [-0.25, -0.2) is 0 Å². The van der Waals surface area contributed by atoms with Gasteiger partial charge in [-0.1, -0.05) is 18.2 Å². The SMILES string of the molecule is CCOc1ccc2nc(C)c3c(c2c1)N(c1ccc(Oc2ccccc2)cc1)CC3.O=CO. The van der Waals surface area contributed by atoms with E-state index in [0.717, 1.165) is 52.5 Å². The Labute approximate surface area is 193 Å². The van der Waals surface area contributed by atoms with E-state index in [1.165, 1.54) is 11.3 Å². The summed E-state index contributed by atoms with van der Waals surface area (Å²) in [6, 6.07) is 24.3. The molecule has 4 aromatic rings.